The van der Waals surface area contributed by atoms with Crippen LogP contribution in [0.3, 0.4) is 0 Å². The first kappa shape index (κ1) is 23.6. The van der Waals surface area contributed by atoms with Crippen molar-refractivity contribution in [2.45, 2.75) is 50.8 Å². The van der Waals surface area contributed by atoms with Gasteiger partial charge in [0.05, 0.1) is 5.69 Å². The number of nitrogens with zero attached hydrogens (tertiary/aromatic N) is 2. The number of amides is 4. The molecule has 0 atom stereocenters. The third kappa shape index (κ3) is 4.69. The fraction of sp³-hybridized carbons (Fsp3) is 0.276. The summed E-state index contributed by atoms with van der Waals surface area (Å²) in [4.78, 5) is 42.6. The van der Waals surface area contributed by atoms with Crippen molar-refractivity contribution in [3.63, 3.8) is 0 Å². The number of carbonyl (C=O) groups is 3. The zero-order valence-corrected chi connectivity index (χ0v) is 20.1. The van der Waals surface area contributed by atoms with Crippen LogP contribution in [0.5, 0.6) is 0 Å². The second-order valence-corrected chi connectivity index (χ2v) is 9.32. The van der Waals surface area contributed by atoms with Crippen LogP contribution in [0.15, 0.2) is 84.9 Å². The van der Waals surface area contributed by atoms with Crippen LogP contribution < -0.4 is 10.2 Å². The van der Waals surface area contributed by atoms with Gasteiger partial charge < -0.3 is 9.64 Å². The smallest absolute Gasteiger partial charge is 0.411 e. The molecule has 7 nitrogen and oxygen atoms in total. The van der Waals surface area contributed by atoms with E-state index in [4.69, 9.17) is 4.74 Å². The largest absolute Gasteiger partial charge is 0.444 e. The molecule has 2 fully saturated rings. The van der Waals surface area contributed by atoms with Gasteiger partial charge in [-0.2, -0.15) is 0 Å². The molecule has 0 unspecified atom stereocenters. The van der Waals surface area contributed by atoms with Crippen molar-refractivity contribution in [1.29, 1.82) is 0 Å². The van der Waals surface area contributed by atoms with Gasteiger partial charge in [-0.05, 0) is 48.2 Å². The third-order valence-electron chi connectivity index (χ3n) is 6.99. The van der Waals surface area contributed by atoms with Gasteiger partial charge in [-0.15, -0.1) is 0 Å². The van der Waals surface area contributed by atoms with Gasteiger partial charge in [0.25, 0.3) is 5.91 Å². The summed E-state index contributed by atoms with van der Waals surface area (Å²) in [5, 5.41) is 2.69. The van der Waals surface area contributed by atoms with Crippen molar-refractivity contribution in [2.75, 3.05) is 10.2 Å². The average Bonchev–Trinajstić information content (AvgIpc) is 3.10. The average molecular weight is 484 g/mol. The van der Waals surface area contributed by atoms with E-state index in [0.29, 0.717) is 30.8 Å². The summed E-state index contributed by atoms with van der Waals surface area (Å²) in [6, 6.07) is 25.6. The van der Waals surface area contributed by atoms with Crippen LogP contribution in [0.2, 0.25) is 0 Å². The number of rotatable bonds is 6. The highest BCUT2D eigenvalue weighted by atomic mass is 16.5. The first-order chi connectivity index (χ1) is 17.6. The first-order valence-electron chi connectivity index (χ1n) is 12.3. The van der Waals surface area contributed by atoms with Crippen LogP contribution in [0.4, 0.5) is 21.0 Å². The van der Waals surface area contributed by atoms with E-state index >= 15 is 0 Å². The lowest BCUT2D eigenvalue weighted by molar-refractivity contribution is -0.126. The fourth-order valence-electron chi connectivity index (χ4n) is 5.12. The minimum absolute atomic E-state index is 0.161. The zero-order chi connectivity index (χ0) is 25.0. The Kier molecular flexibility index (Phi) is 6.71. The highest BCUT2D eigenvalue weighted by Gasteiger charge is 2.57. The normalized spacial score (nSPS) is 16.9. The van der Waals surface area contributed by atoms with Gasteiger partial charge in [0.15, 0.2) is 0 Å². The van der Waals surface area contributed by atoms with Crippen molar-refractivity contribution in [3.05, 3.63) is 96.1 Å². The number of ether oxygens (including phenoxy) is 1. The van der Waals surface area contributed by atoms with Crippen molar-refractivity contribution in [2.24, 2.45) is 0 Å². The van der Waals surface area contributed by atoms with E-state index in [1.165, 1.54) is 4.90 Å². The Bertz CT molecular complexity index is 1220. The summed E-state index contributed by atoms with van der Waals surface area (Å²) in [6.45, 7) is 0.565. The lowest BCUT2D eigenvalue weighted by Crippen LogP contribution is -2.50. The van der Waals surface area contributed by atoms with E-state index in [2.05, 4.69) is 5.32 Å². The van der Waals surface area contributed by atoms with Crippen molar-refractivity contribution >= 4 is 29.4 Å². The Morgan fingerprint density at radius 2 is 1.42 bits per heavy atom. The van der Waals surface area contributed by atoms with E-state index in [0.717, 1.165) is 30.4 Å². The van der Waals surface area contributed by atoms with Gasteiger partial charge in [0.1, 0.15) is 12.1 Å². The Labute approximate surface area is 210 Å². The van der Waals surface area contributed by atoms with Gasteiger partial charge in [-0.25, -0.2) is 14.5 Å². The van der Waals surface area contributed by atoms with Crippen LogP contribution in [-0.4, -0.2) is 28.5 Å². The van der Waals surface area contributed by atoms with E-state index in [-0.39, 0.29) is 18.5 Å². The van der Waals surface area contributed by atoms with Gasteiger partial charge >= 0.3 is 12.1 Å². The number of hydrogen-bond acceptors (Lipinski definition) is 4. The molecule has 0 bridgehead atoms. The molecule has 5 rings (SSSR count). The topological polar surface area (TPSA) is 79.0 Å². The summed E-state index contributed by atoms with van der Waals surface area (Å²) in [7, 11) is 0. The molecule has 0 radical (unpaired) electrons. The van der Waals surface area contributed by atoms with Crippen molar-refractivity contribution in [1.82, 2.24) is 4.90 Å². The number of benzene rings is 3. The van der Waals surface area contributed by atoms with Crippen LogP contribution in [0.1, 0.15) is 43.2 Å². The Morgan fingerprint density at radius 3 is 2.06 bits per heavy atom. The molecule has 1 aliphatic heterocycles. The summed E-state index contributed by atoms with van der Waals surface area (Å²) in [6.07, 6.45) is 3.69. The molecule has 4 amide bonds. The molecule has 1 aliphatic carbocycles. The van der Waals surface area contributed by atoms with E-state index in [1.807, 2.05) is 60.7 Å². The number of nitrogens with one attached hydrogen (secondary N) is 1. The molecule has 1 heterocycles. The third-order valence-corrected chi connectivity index (χ3v) is 6.99. The zero-order valence-electron chi connectivity index (χ0n) is 20.1. The molecule has 184 valence electrons. The van der Waals surface area contributed by atoms with Gasteiger partial charge in [-0.3, -0.25) is 10.1 Å². The second-order valence-electron chi connectivity index (χ2n) is 9.32. The predicted octanol–water partition coefficient (Wildman–Crippen LogP) is 6.11. The van der Waals surface area contributed by atoms with Crippen molar-refractivity contribution < 1.29 is 19.1 Å². The molecule has 1 N–H and O–H groups in total. The molecular weight excluding hydrogens is 454 g/mol. The minimum Gasteiger partial charge on any atom is -0.444 e. The van der Waals surface area contributed by atoms with Crippen LogP contribution in [0.25, 0.3) is 0 Å². The van der Waals surface area contributed by atoms with Crippen LogP contribution >= 0.6 is 0 Å². The molecule has 1 saturated carbocycles. The SMILES string of the molecule is O=C(Nc1ccc(N2C(=O)N(Cc3ccccc3)C3(CCCCC3)C2=O)cc1)OCc1ccccc1. The fourth-order valence-corrected chi connectivity index (χ4v) is 5.12. The van der Waals surface area contributed by atoms with E-state index in [1.54, 1.807) is 29.2 Å². The Balaban J connectivity index is 1.31. The highest BCUT2D eigenvalue weighted by Crippen LogP contribution is 2.43. The second kappa shape index (κ2) is 10.2. The molecule has 2 aliphatic rings. The van der Waals surface area contributed by atoms with E-state index in [9.17, 15) is 14.4 Å². The maximum Gasteiger partial charge on any atom is 0.411 e. The van der Waals surface area contributed by atoms with Crippen molar-refractivity contribution in [3.8, 4) is 0 Å². The number of carbonyl (C=O) groups excluding carboxylic acids is 3. The number of anilines is 2. The standard InChI is InChI=1S/C29H29N3O4/c33-26-29(18-8-3-9-19-29)31(20-22-10-4-1-5-11-22)28(35)32(26)25-16-14-24(15-17-25)30-27(34)36-21-23-12-6-2-7-13-23/h1-2,4-7,10-17H,3,8-9,18-21H2,(H,30,34). The molecule has 1 saturated heterocycles. The quantitative estimate of drug-likeness (QED) is 0.429. The molecule has 0 aromatic heterocycles. The molecule has 3 aromatic rings. The summed E-state index contributed by atoms with van der Waals surface area (Å²) in [5.74, 6) is -0.161. The van der Waals surface area contributed by atoms with Gasteiger partial charge in [-0.1, -0.05) is 79.9 Å². The lowest BCUT2D eigenvalue weighted by atomic mass is 9.80. The minimum atomic E-state index is -0.802. The monoisotopic (exact) mass is 483 g/mol. The highest BCUT2D eigenvalue weighted by molar-refractivity contribution is 6.23. The number of imide groups is 1. The first-order valence-corrected chi connectivity index (χ1v) is 12.3. The molecule has 1 spiro atoms. The summed E-state index contributed by atoms with van der Waals surface area (Å²) < 4.78 is 5.27. The van der Waals surface area contributed by atoms with Gasteiger partial charge in [0.2, 0.25) is 0 Å². The summed E-state index contributed by atoms with van der Waals surface area (Å²) >= 11 is 0. The van der Waals surface area contributed by atoms with E-state index < -0.39 is 11.6 Å². The number of urea groups is 1. The molecule has 3 aromatic carbocycles. The molecule has 36 heavy (non-hydrogen) atoms. The maximum atomic E-state index is 13.8. The molecule has 7 heteroatoms. The molecular formula is C29H29N3O4. The Hall–Kier alpha value is -4.13. The number of hydrogen-bond donors (Lipinski definition) is 1. The maximum absolute atomic E-state index is 13.8. The summed E-state index contributed by atoms with van der Waals surface area (Å²) in [5.41, 5.74) is 2.10. The lowest BCUT2D eigenvalue weighted by Gasteiger charge is -2.38. The Morgan fingerprint density at radius 1 is 0.806 bits per heavy atom. The van der Waals surface area contributed by atoms with Crippen LogP contribution in [0, 0.1) is 0 Å². The van der Waals surface area contributed by atoms with Crippen LogP contribution in [-0.2, 0) is 22.7 Å². The predicted molar refractivity (Wildman–Crippen MR) is 137 cm³/mol. The van der Waals surface area contributed by atoms with Gasteiger partial charge in [0, 0.05) is 12.2 Å².